The first-order valence-electron chi connectivity index (χ1n) is 10.9. The fourth-order valence-corrected chi connectivity index (χ4v) is 4.62. The van der Waals surface area contributed by atoms with E-state index < -0.39 is 0 Å². The Morgan fingerprint density at radius 3 is 2.29 bits per heavy atom. The zero-order valence-electron chi connectivity index (χ0n) is 16.8. The monoisotopic (exact) mass is 379 g/mol. The largest absolute Gasteiger partial charge is 0.369 e. The van der Waals surface area contributed by atoms with Crippen LogP contribution in [0.4, 0.5) is 11.6 Å². The van der Waals surface area contributed by atoms with Crippen molar-refractivity contribution < 1.29 is 0 Å². The van der Waals surface area contributed by atoms with Crippen LogP contribution in [0, 0.1) is 5.92 Å². The van der Waals surface area contributed by atoms with Crippen molar-refractivity contribution in [1.82, 2.24) is 14.9 Å². The van der Waals surface area contributed by atoms with Gasteiger partial charge in [0.25, 0.3) is 0 Å². The summed E-state index contributed by atoms with van der Waals surface area (Å²) >= 11 is 0. The number of aromatic nitrogens is 2. The normalized spacial score (nSPS) is 23.5. The van der Waals surface area contributed by atoms with Crippen LogP contribution in [0.3, 0.4) is 0 Å². The van der Waals surface area contributed by atoms with Crippen LogP contribution in [0.1, 0.15) is 38.5 Å². The first-order valence-corrected chi connectivity index (χ1v) is 10.9. The zero-order valence-corrected chi connectivity index (χ0v) is 16.8. The molecule has 150 valence electrons. The minimum absolute atomic E-state index is 0.546. The van der Waals surface area contributed by atoms with Crippen molar-refractivity contribution in [2.75, 3.05) is 42.9 Å². The van der Waals surface area contributed by atoms with Gasteiger partial charge in [-0.15, -0.1) is 0 Å². The summed E-state index contributed by atoms with van der Waals surface area (Å²) in [6, 6.07) is 13.2. The number of hydrogen-bond donors (Lipinski definition) is 1. The van der Waals surface area contributed by atoms with Gasteiger partial charge < -0.3 is 10.2 Å². The third kappa shape index (κ3) is 5.44. The molecule has 0 radical (unpaired) electrons. The van der Waals surface area contributed by atoms with Gasteiger partial charge in [-0.25, -0.2) is 9.97 Å². The van der Waals surface area contributed by atoms with Crippen molar-refractivity contribution in [2.45, 2.75) is 44.6 Å². The molecular formula is C23H33N5. The van der Waals surface area contributed by atoms with E-state index in [4.69, 9.17) is 0 Å². The minimum Gasteiger partial charge on any atom is -0.369 e. The van der Waals surface area contributed by atoms with E-state index in [-0.39, 0.29) is 0 Å². The molecule has 5 nitrogen and oxygen atoms in total. The number of hydrogen-bond acceptors (Lipinski definition) is 5. The summed E-state index contributed by atoms with van der Waals surface area (Å²) in [5.41, 5.74) is 1.37. The van der Waals surface area contributed by atoms with Crippen molar-refractivity contribution in [3.05, 3.63) is 48.8 Å². The van der Waals surface area contributed by atoms with Gasteiger partial charge in [-0.05, 0) is 69.2 Å². The summed E-state index contributed by atoms with van der Waals surface area (Å²) < 4.78 is 0. The molecule has 0 bridgehead atoms. The van der Waals surface area contributed by atoms with Crippen LogP contribution in [0.25, 0.3) is 0 Å². The predicted molar refractivity (Wildman–Crippen MR) is 116 cm³/mol. The Hall–Kier alpha value is -2.14. The third-order valence-electron chi connectivity index (χ3n) is 6.33. The fraction of sp³-hybridized carbons (Fsp3) is 0.565. The number of piperazine rings is 1. The topological polar surface area (TPSA) is 44.3 Å². The van der Waals surface area contributed by atoms with Gasteiger partial charge in [0.2, 0.25) is 5.95 Å². The standard InChI is InChI=1S/C23H33N5/c1-2-7-22(8-3-1)28-18-16-27(17-19-28)15-4-6-20-9-11-21(12-10-20)26-23-24-13-5-14-25-23/h1-3,5,7-8,13-14,20-21H,4,6,9-12,15-19H2,(H,24,25,26). The molecule has 5 heteroatoms. The molecule has 1 saturated carbocycles. The molecule has 2 aromatic rings. The van der Waals surface area contributed by atoms with E-state index >= 15 is 0 Å². The molecule has 2 heterocycles. The lowest BCUT2D eigenvalue weighted by Crippen LogP contribution is -2.46. The average Bonchev–Trinajstić information content (AvgIpc) is 2.77. The van der Waals surface area contributed by atoms with E-state index in [1.165, 1.54) is 63.8 Å². The van der Waals surface area contributed by atoms with Gasteiger partial charge in [0.15, 0.2) is 0 Å². The number of anilines is 2. The summed E-state index contributed by atoms with van der Waals surface area (Å²) in [5.74, 6) is 1.68. The van der Waals surface area contributed by atoms with E-state index in [0.717, 1.165) is 25.0 Å². The minimum atomic E-state index is 0.546. The molecule has 0 atom stereocenters. The summed E-state index contributed by atoms with van der Waals surface area (Å²) in [7, 11) is 0. The Kier molecular flexibility index (Phi) is 6.77. The lowest BCUT2D eigenvalue weighted by atomic mass is 9.83. The Labute approximate surface area is 169 Å². The van der Waals surface area contributed by atoms with Crippen LogP contribution >= 0.6 is 0 Å². The molecule has 2 fully saturated rings. The molecular weight excluding hydrogens is 346 g/mol. The third-order valence-corrected chi connectivity index (χ3v) is 6.33. The van der Waals surface area contributed by atoms with Crippen molar-refractivity contribution in [2.24, 2.45) is 5.92 Å². The molecule has 1 aliphatic carbocycles. The Bertz CT molecular complexity index is 677. The second kappa shape index (κ2) is 9.87. The molecule has 2 aliphatic rings. The van der Waals surface area contributed by atoms with Crippen molar-refractivity contribution in [1.29, 1.82) is 0 Å². The summed E-state index contributed by atoms with van der Waals surface area (Å²) in [6.45, 7) is 5.97. The highest BCUT2D eigenvalue weighted by Gasteiger charge is 2.22. The molecule has 1 aromatic heterocycles. The Balaban J connectivity index is 1.10. The van der Waals surface area contributed by atoms with Gasteiger partial charge in [0.05, 0.1) is 0 Å². The highest BCUT2D eigenvalue weighted by Crippen LogP contribution is 2.29. The molecule has 1 saturated heterocycles. The first-order chi connectivity index (χ1) is 13.9. The Morgan fingerprint density at radius 2 is 1.57 bits per heavy atom. The maximum absolute atomic E-state index is 4.29. The summed E-state index contributed by atoms with van der Waals surface area (Å²) in [6.07, 6.45) is 11.5. The predicted octanol–water partition coefficient (Wildman–Crippen LogP) is 4.05. The zero-order chi connectivity index (χ0) is 19.0. The number of para-hydroxylation sites is 1. The first kappa shape index (κ1) is 19.2. The van der Waals surface area contributed by atoms with Gasteiger partial charge in [-0.3, -0.25) is 4.90 Å². The van der Waals surface area contributed by atoms with Crippen LogP contribution in [0.15, 0.2) is 48.8 Å². The number of benzene rings is 1. The van der Waals surface area contributed by atoms with Crippen LogP contribution in [-0.4, -0.2) is 53.6 Å². The highest BCUT2D eigenvalue weighted by atomic mass is 15.3. The van der Waals surface area contributed by atoms with E-state index in [9.17, 15) is 0 Å². The van der Waals surface area contributed by atoms with Gasteiger partial charge in [-0.2, -0.15) is 0 Å². The van der Waals surface area contributed by atoms with E-state index in [0.29, 0.717) is 6.04 Å². The van der Waals surface area contributed by atoms with Crippen molar-refractivity contribution in [3.63, 3.8) is 0 Å². The quantitative estimate of drug-likeness (QED) is 0.786. The molecule has 0 spiro atoms. The van der Waals surface area contributed by atoms with Crippen LogP contribution < -0.4 is 10.2 Å². The summed E-state index contributed by atoms with van der Waals surface area (Å²) in [5, 5.41) is 3.49. The van der Waals surface area contributed by atoms with E-state index in [2.05, 4.69) is 55.4 Å². The average molecular weight is 380 g/mol. The van der Waals surface area contributed by atoms with Gasteiger partial charge in [-0.1, -0.05) is 18.2 Å². The number of nitrogens with one attached hydrogen (secondary N) is 1. The summed E-state index contributed by atoms with van der Waals surface area (Å²) in [4.78, 5) is 13.7. The lowest BCUT2D eigenvalue weighted by Gasteiger charge is -2.36. The fourth-order valence-electron chi connectivity index (χ4n) is 4.62. The van der Waals surface area contributed by atoms with Crippen molar-refractivity contribution >= 4 is 11.6 Å². The molecule has 1 aliphatic heterocycles. The van der Waals surface area contributed by atoms with Gasteiger partial charge in [0.1, 0.15) is 0 Å². The maximum atomic E-state index is 4.29. The lowest BCUT2D eigenvalue weighted by molar-refractivity contribution is 0.235. The second-order valence-electron chi connectivity index (χ2n) is 8.24. The molecule has 4 rings (SSSR count). The highest BCUT2D eigenvalue weighted by molar-refractivity contribution is 5.46. The van der Waals surface area contributed by atoms with Gasteiger partial charge >= 0.3 is 0 Å². The molecule has 0 unspecified atom stereocenters. The van der Waals surface area contributed by atoms with Crippen molar-refractivity contribution in [3.8, 4) is 0 Å². The van der Waals surface area contributed by atoms with Gasteiger partial charge in [0, 0.05) is 50.3 Å². The SMILES string of the molecule is c1ccc(N2CCN(CCCC3CCC(Nc4ncccn4)CC3)CC2)cc1. The Morgan fingerprint density at radius 1 is 0.857 bits per heavy atom. The van der Waals surface area contributed by atoms with E-state index in [1.54, 1.807) is 12.4 Å². The van der Waals surface area contributed by atoms with E-state index in [1.807, 2.05) is 6.07 Å². The van der Waals surface area contributed by atoms with Crippen LogP contribution in [0.5, 0.6) is 0 Å². The second-order valence-corrected chi connectivity index (χ2v) is 8.24. The number of nitrogens with zero attached hydrogens (tertiary/aromatic N) is 4. The van der Waals surface area contributed by atoms with Crippen LogP contribution in [0.2, 0.25) is 0 Å². The maximum Gasteiger partial charge on any atom is 0.222 e. The molecule has 0 amide bonds. The number of rotatable bonds is 7. The van der Waals surface area contributed by atoms with Crippen LogP contribution in [-0.2, 0) is 0 Å². The molecule has 1 aromatic carbocycles. The molecule has 28 heavy (non-hydrogen) atoms. The smallest absolute Gasteiger partial charge is 0.222 e. The molecule has 1 N–H and O–H groups in total.